The minimum absolute atomic E-state index is 0.165. The van der Waals surface area contributed by atoms with Crippen molar-refractivity contribution in [1.82, 2.24) is 0 Å². The fraction of sp³-hybridized carbons (Fsp3) is 0.0492. The van der Waals surface area contributed by atoms with Crippen molar-refractivity contribution < 1.29 is 0 Å². The second-order valence-electron chi connectivity index (χ2n) is 17.8. The van der Waals surface area contributed by atoms with Gasteiger partial charge in [-0.05, 0) is 151 Å². The van der Waals surface area contributed by atoms with Crippen molar-refractivity contribution in [2.75, 3.05) is 9.80 Å². The van der Waals surface area contributed by atoms with Crippen molar-refractivity contribution in [2.24, 2.45) is 0 Å². The van der Waals surface area contributed by atoms with Crippen LogP contribution in [-0.2, 0) is 5.41 Å². The highest BCUT2D eigenvalue weighted by Gasteiger charge is 2.36. The van der Waals surface area contributed by atoms with Gasteiger partial charge in [0.15, 0.2) is 0 Å². The van der Waals surface area contributed by atoms with Crippen molar-refractivity contribution in [2.45, 2.75) is 19.3 Å². The zero-order chi connectivity index (χ0) is 42.5. The fourth-order valence-corrected chi connectivity index (χ4v) is 11.7. The Hall–Kier alpha value is -7.72. The van der Waals surface area contributed by atoms with E-state index in [0.717, 1.165) is 34.1 Å². The van der Waals surface area contributed by atoms with Gasteiger partial charge in [-0.1, -0.05) is 141 Å². The molecule has 0 saturated heterocycles. The molecule has 0 radical (unpaired) electrons. The van der Waals surface area contributed by atoms with Crippen LogP contribution in [-0.4, -0.2) is 0 Å². The Kier molecular flexibility index (Phi) is 8.16. The predicted molar refractivity (Wildman–Crippen MR) is 276 cm³/mol. The van der Waals surface area contributed by atoms with E-state index in [0.29, 0.717) is 0 Å². The van der Waals surface area contributed by atoms with Crippen LogP contribution in [0.25, 0.3) is 74.4 Å². The number of hydrogen-bond donors (Lipinski definition) is 0. The van der Waals surface area contributed by atoms with Crippen LogP contribution in [0.3, 0.4) is 0 Å². The molecule has 0 unspecified atom stereocenters. The van der Waals surface area contributed by atoms with E-state index < -0.39 is 0 Å². The predicted octanol–water partition coefficient (Wildman–Crippen LogP) is 17.9. The van der Waals surface area contributed by atoms with Crippen molar-refractivity contribution in [1.29, 1.82) is 0 Å². The molecule has 64 heavy (non-hydrogen) atoms. The first kappa shape index (κ1) is 36.9. The summed E-state index contributed by atoms with van der Waals surface area (Å²) in [5, 5.41) is 12.6. The molecule has 0 aliphatic heterocycles. The summed E-state index contributed by atoms with van der Waals surface area (Å²) in [7, 11) is 0. The molecule has 1 aliphatic rings. The lowest BCUT2D eigenvalue weighted by Crippen LogP contribution is -2.16. The second-order valence-corrected chi connectivity index (χ2v) is 18.9. The molecule has 3 heteroatoms. The third-order valence-corrected chi connectivity index (χ3v) is 14.8. The zero-order valence-corrected chi connectivity index (χ0v) is 36.4. The van der Waals surface area contributed by atoms with Crippen molar-refractivity contribution >= 4 is 109 Å². The van der Waals surface area contributed by atoms with Crippen LogP contribution in [0.15, 0.2) is 218 Å². The van der Waals surface area contributed by atoms with E-state index in [1.165, 1.54) is 85.5 Å². The molecule has 13 rings (SSSR count). The Morgan fingerprint density at radius 2 is 0.844 bits per heavy atom. The lowest BCUT2D eigenvalue weighted by molar-refractivity contribution is 0.661. The van der Waals surface area contributed by atoms with Gasteiger partial charge in [0.05, 0.1) is 5.69 Å². The van der Waals surface area contributed by atoms with E-state index in [-0.39, 0.29) is 5.41 Å². The number of nitrogens with zero attached hydrogens (tertiary/aromatic N) is 2. The van der Waals surface area contributed by atoms with Gasteiger partial charge in [-0.15, -0.1) is 11.3 Å². The first-order chi connectivity index (χ1) is 31.5. The van der Waals surface area contributed by atoms with E-state index in [1.807, 2.05) is 11.3 Å². The number of fused-ring (bicyclic) bond motifs is 11. The molecule has 0 amide bonds. The molecule has 1 aliphatic carbocycles. The minimum Gasteiger partial charge on any atom is -0.310 e. The highest BCUT2D eigenvalue weighted by Crippen LogP contribution is 2.53. The fourth-order valence-electron chi connectivity index (χ4n) is 10.6. The molecule has 0 atom stereocenters. The van der Waals surface area contributed by atoms with Gasteiger partial charge in [0.25, 0.3) is 0 Å². The average molecular weight is 835 g/mol. The number of hydrogen-bond acceptors (Lipinski definition) is 3. The quantitative estimate of drug-likeness (QED) is 0.154. The van der Waals surface area contributed by atoms with E-state index in [4.69, 9.17) is 0 Å². The molecular weight excluding hydrogens is 793 g/mol. The number of benzene rings is 11. The normalized spacial score (nSPS) is 13.0. The largest absolute Gasteiger partial charge is 0.310 e. The molecule has 2 nitrogen and oxygen atoms in total. The van der Waals surface area contributed by atoms with Crippen LogP contribution >= 0.6 is 11.3 Å². The topological polar surface area (TPSA) is 6.48 Å². The molecule has 11 aromatic carbocycles. The van der Waals surface area contributed by atoms with Crippen LogP contribution in [0.5, 0.6) is 0 Å². The minimum atomic E-state index is -0.165. The Morgan fingerprint density at radius 1 is 0.312 bits per heavy atom. The summed E-state index contributed by atoms with van der Waals surface area (Å²) in [5.74, 6) is 0. The summed E-state index contributed by atoms with van der Waals surface area (Å²) < 4.78 is 2.59. The Balaban J connectivity index is 1.02. The summed E-state index contributed by atoms with van der Waals surface area (Å²) in [6.45, 7) is 4.76. The number of thiophene rings is 1. The summed E-state index contributed by atoms with van der Waals surface area (Å²) >= 11 is 1.88. The summed E-state index contributed by atoms with van der Waals surface area (Å²) in [5.41, 5.74) is 12.0. The average Bonchev–Trinajstić information content (AvgIpc) is 3.80. The van der Waals surface area contributed by atoms with Crippen LogP contribution in [0.4, 0.5) is 34.1 Å². The van der Waals surface area contributed by atoms with Gasteiger partial charge in [0.1, 0.15) is 0 Å². The number of para-hydroxylation sites is 2. The Morgan fingerprint density at radius 3 is 1.58 bits per heavy atom. The van der Waals surface area contributed by atoms with Crippen LogP contribution in [0.2, 0.25) is 0 Å². The highest BCUT2D eigenvalue weighted by atomic mass is 32.1. The van der Waals surface area contributed by atoms with Gasteiger partial charge >= 0.3 is 0 Å². The Bertz CT molecular complexity index is 3830. The van der Waals surface area contributed by atoms with Gasteiger partial charge in [0.2, 0.25) is 0 Å². The number of rotatable bonds is 6. The third-order valence-electron chi connectivity index (χ3n) is 13.7. The zero-order valence-electron chi connectivity index (χ0n) is 35.6. The van der Waals surface area contributed by atoms with E-state index >= 15 is 0 Å². The van der Waals surface area contributed by atoms with Crippen LogP contribution in [0.1, 0.15) is 25.0 Å². The molecular formula is C61H42N2S. The third kappa shape index (κ3) is 5.71. The van der Waals surface area contributed by atoms with Gasteiger partial charge < -0.3 is 9.80 Å². The molecule has 302 valence electrons. The van der Waals surface area contributed by atoms with E-state index in [2.05, 4.69) is 242 Å². The lowest BCUT2D eigenvalue weighted by Gasteiger charge is -2.30. The lowest BCUT2D eigenvalue weighted by atomic mass is 9.81. The maximum atomic E-state index is 2.46. The molecule has 0 spiro atoms. The first-order valence-electron chi connectivity index (χ1n) is 22.2. The molecule has 0 fully saturated rings. The SMILES string of the molecule is CC1(C)c2cc(N(c3ccccc3)c3ccc4c(c3)c(N(c3ccccc3)c3ccc5c(c3)sc3cc6ccccc6cc35)cc3ccccc34)ccc2-c2cc3ccccc3cc21. The molecule has 0 saturated carbocycles. The second kappa shape index (κ2) is 14.2. The maximum Gasteiger partial charge on any atom is 0.0547 e. The molecule has 1 aromatic heterocycles. The van der Waals surface area contributed by atoms with Crippen LogP contribution in [0, 0.1) is 0 Å². The monoisotopic (exact) mass is 834 g/mol. The van der Waals surface area contributed by atoms with Gasteiger partial charge in [-0.2, -0.15) is 0 Å². The molecule has 12 aromatic rings. The van der Waals surface area contributed by atoms with Gasteiger partial charge in [-0.25, -0.2) is 0 Å². The number of anilines is 6. The summed E-state index contributed by atoms with van der Waals surface area (Å²) in [6, 6.07) is 81.1. The van der Waals surface area contributed by atoms with E-state index in [9.17, 15) is 0 Å². The van der Waals surface area contributed by atoms with Gasteiger partial charge in [0, 0.05) is 59.4 Å². The smallest absolute Gasteiger partial charge is 0.0547 e. The summed E-state index contributed by atoms with van der Waals surface area (Å²) in [6.07, 6.45) is 0. The molecule has 0 N–H and O–H groups in total. The Labute approximate surface area is 376 Å². The first-order valence-corrected chi connectivity index (χ1v) is 23.0. The summed E-state index contributed by atoms with van der Waals surface area (Å²) in [4.78, 5) is 4.90. The molecule has 1 heterocycles. The standard InChI is InChI=1S/C61H42N2S/c1-61(2)56-33-41-17-11-9-15-39(41)31-53(56)51-29-26-47(37-57(51)61)62(44-20-5-3-6-21-44)46-25-28-50-49-24-14-13-19-43(49)34-58(54(50)36-46)63(45-22-7-4-8-23-45)48-27-30-52-55-32-40-16-10-12-18-42(40)35-59(55)64-60(52)38-48/h3-38H,1-2H3. The van der Waals surface area contributed by atoms with Crippen LogP contribution < -0.4 is 9.80 Å². The van der Waals surface area contributed by atoms with E-state index in [1.54, 1.807) is 0 Å². The van der Waals surface area contributed by atoms with Gasteiger partial charge in [-0.3, -0.25) is 0 Å². The highest BCUT2D eigenvalue weighted by molar-refractivity contribution is 7.26. The molecule has 0 bridgehead atoms. The maximum absolute atomic E-state index is 2.46. The van der Waals surface area contributed by atoms with Crippen molar-refractivity contribution in [3.8, 4) is 11.1 Å². The van der Waals surface area contributed by atoms with Crippen molar-refractivity contribution in [3.63, 3.8) is 0 Å². The van der Waals surface area contributed by atoms with Crippen molar-refractivity contribution in [3.05, 3.63) is 230 Å².